The summed E-state index contributed by atoms with van der Waals surface area (Å²) in [5, 5.41) is 0. The first-order valence-electron chi connectivity index (χ1n) is 8.71. The molecule has 2 fully saturated rings. The van der Waals surface area contributed by atoms with Crippen LogP contribution in [0.3, 0.4) is 0 Å². The van der Waals surface area contributed by atoms with Crippen LogP contribution in [0.15, 0.2) is 0 Å². The van der Waals surface area contributed by atoms with Gasteiger partial charge in [0, 0.05) is 19.6 Å². The summed E-state index contributed by atoms with van der Waals surface area (Å²) in [6, 6.07) is 0.200. The van der Waals surface area contributed by atoms with Crippen molar-refractivity contribution < 1.29 is 8.42 Å². The fraction of sp³-hybridized carbons (Fsp3) is 1.00. The normalized spacial score (nSPS) is 28.9. The molecule has 0 heterocycles. The molecule has 0 spiro atoms. The van der Waals surface area contributed by atoms with Gasteiger partial charge in [0.25, 0.3) is 10.2 Å². The summed E-state index contributed by atoms with van der Waals surface area (Å²) in [6.45, 7) is 2.91. The van der Waals surface area contributed by atoms with E-state index in [1.54, 1.807) is 11.4 Å². The highest BCUT2D eigenvalue weighted by molar-refractivity contribution is 7.87. The molecule has 2 aliphatic rings. The Bertz CT molecular complexity index is 405. The van der Waals surface area contributed by atoms with E-state index in [4.69, 9.17) is 0 Å². The average molecular weight is 317 g/mol. The first-order chi connectivity index (χ1) is 9.99. The minimum Gasteiger partial charge on any atom is -0.202 e. The Hall–Kier alpha value is -0.130. The Morgan fingerprint density at radius 3 is 2.43 bits per heavy atom. The van der Waals surface area contributed by atoms with Crippen molar-refractivity contribution in [3.8, 4) is 0 Å². The van der Waals surface area contributed by atoms with Gasteiger partial charge >= 0.3 is 0 Å². The summed E-state index contributed by atoms with van der Waals surface area (Å²) >= 11 is 0. The molecule has 2 saturated carbocycles. The summed E-state index contributed by atoms with van der Waals surface area (Å²) in [6.07, 6.45) is 11.8. The van der Waals surface area contributed by atoms with Crippen LogP contribution in [0.2, 0.25) is 0 Å². The van der Waals surface area contributed by atoms with Crippen molar-refractivity contribution in [2.24, 2.45) is 11.8 Å². The molecule has 4 nitrogen and oxygen atoms in total. The van der Waals surface area contributed by atoms with Gasteiger partial charge in [-0.15, -0.1) is 0 Å². The summed E-state index contributed by atoms with van der Waals surface area (Å²) in [4.78, 5) is 0. The molecule has 0 amide bonds. The van der Waals surface area contributed by atoms with E-state index in [9.17, 15) is 8.42 Å². The van der Waals surface area contributed by atoms with E-state index in [0.29, 0.717) is 12.5 Å². The third-order valence-corrected chi connectivity index (χ3v) is 6.98. The van der Waals surface area contributed by atoms with Crippen molar-refractivity contribution in [3.63, 3.8) is 0 Å². The van der Waals surface area contributed by atoms with Gasteiger partial charge in [0.2, 0.25) is 0 Å². The number of nitrogens with zero attached hydrogens (tertiary/aromatic N) is 1. The largest absolute Gasteiger partial charge is 0.279 e. The molecule has 0 radical (unpaired) electrons. The van der Waals surface area contributed by atoms with E-state index < -0.39 is 10.2 Å². The van der Waals surface area contributed by atoms with Gasteiger partial charge in [0.1, 0.15) is 0 Å². The van der Waals surface area contributed by atoms with Crippen molar-refractivity contribution in [3.05, 3.63) is 0 Å². The highest BCUT2D eigenvalue weighted by Crippen LogP contribution is 2.30. The Morgan fingerprint density at radius 2 is 1.76 bits per heavy atom. The molecule has 21 heavy (non-hydrogen) atoms. The Morgan fingerprint density at radius 1 is 1.05 bits per heavy atom. The van der Waals surface area contributed by atoms with Crippen LogP contribution < -0.4 is 4.72 Å². The minimum atomic E-state index is -3.29. The second-order valence-electron chi connectivity index (χ2n) is 7.13. The van der Waals surface area contributed by atoms with Crippen LogP contribution >= 0.6 is 0 Å². The van der Waals surface area contributed by atoms with Crippen LogP contribution in [0, 0.1) is 11.8 Å². The zero-order valence-corrected chi connectivity index (χ0v) is 14.5. The monoisotopic (exact) mass is 316 g/mol. The van der Waals surface area contributed by atoms with Crippen molar-refractivity contribution >= 4 is 10.2 Å². The molecule has 124 valence electrons. The second kappa shape index (κ2) is 7.93. The van der Waals surface area contributed by atoms with Crippen molar-refractivity contribution in [1.29, 1.82) is 0 Å². The summed E-state index contributed by atoms with van der Waals surface area (Å²) in [5.41, 5.74) is 0. The lowest BCUT2D eigenvalue weighted by atomic mass is 9.81. The van der Waals surface area contributed by atoms with Gasteiger partial charge in [-0.3, -0.25) is 0 Å². The first-order valence-corrected chi connectivity index (χ1v) is 10.2. The lowest BCUT2D eigenvalue weighted by Crippen LogP contribution is -2.45. The van der Waals surface area contributed by atoms with Crippen LogP contribution in [0.5, 0.6) is 0 Å². The van der Waals surface area contributed by atoms with Crippen molar-refractivity contribution in [1.82, 2.24) is 9.03 Å². The first kappa shape index (κ1) is 17.2. The van der Waals surface area contributed by atoms with E-state index in [0.717, 1.165) is 38.0 Å². The van der Waals surface area contributed by atoms with E-state index in [1.165, 1.54) is 32.1 Å². The SMILES string of the molecule is CC1CCCC(CCNS(=O)(=O)N(C)C2CCCCC2)C1. The van der Waals surface area contributed by atoms with Crippen LogP contribution in [-0.2, 0) is 10.2 Å². The molecule has 0 aromatic rings. The molecule has 1 N–H and O–H groups in total. The molecule has 2 aliphatic carbocycles. The molecule has 0 saturated heterocycles. The number of hydrogen-bond donors (Lipinski definition) is 1. The Kier molecular flexibility index (Phi) is 6.51. The third kappa shape index (κ3) is 5.22. The lowest BCUT2D eigenvalue weighted by molar-refractivity contribution is 0.266. The molecule has 0 aliphatic heterocycles. The van der Waals surface area contributed by atoms with Gasteiger partial charge in [0.05, 0.1) is 0 Å². The van der Waals surface area contributed by atoms with E-state index >= 15 is 0 Å². The van der Waals surface area contributed by atoms with Crippen LogP contribution in [-0.4, -0.2) is 32.4 Å². The predicted molar refractivity (Wildman–Crippen MR) is 87.3 cm³/mol. The van der Waals surface area contributed by atoms with Gasteiger partial charge in [-0.2, -0.15) is 12.7 Å². The zero-order chi connectivity index (χ0) is 15.3. The maximum absolute atomic E-state index is 12.4. The highest BCUT2D eigenvalue weighted by atomic mass is 32.2. The number of nitrogens with one attached hydrogen (secondary N) is 1. The van der Waals surface area contributed by atoms with Gasteiger partial charge in [0.15, 0.2) is 0 Å². The molecular formula is C16H32N2O2S. The van der Waals surface area contributed by atoms with Gasteiger partial charge < -0.3 is 0 Å². The second-order valence-corrected chi connectivity index (χ2v) is 8.95. The molecular weight excluding hydrogens is 284 g/mol. The van der Waals surface area contributed by atoms with Crippen LogP contribution in [0.4, 0.5) is 0 Å². The zero-order valence-electron chi connectivity index (χ0n) is 13.7. The predicted octanol–water partition coefficient (Wildman–Crippen LogP) is 3.30. The fourth-order valence-corrected chi connectivity index (χ4v) is 5.14. The van der Waals surface area contributed by atoms with E-state index in [-0.39, 0.29) is 6.04 Å². The lowest BCUT2D eigenvalue weighted by Gasteiger charge is -2.31. The minimum absolute atomic E-state index is 0.200. The van der Waals surface area contributed by atoms with Crippen LogP contribution in [0.1, 0.15) is 71.1 Å². The molecule has 2 unspecified atom stereocenters. The van der Waals surface area contributed by atoms with Gasteiger partial charge in [-0.1, -0.05) is 45.4 Å². The third-order valence-electron chi connectivity index (χ3n) is 5.35. The highest BCUT2D eigenvalue weighted by Gasteiger charge is 2.27. The van der Waals surface area contributed by atoms with E-state index in [2.05, 4.69) is 11.6 Å². The Balaban J connectivity index is 1.75. The molecule has 0 aromatic heterocycles. The summed E-state index contributed by atoms with van der Waals surface area (Å²) in [7, 11) is -1.55. The smallest absolute Gasteiger partial charge is 0.202 e. The van der Waals surface area contributed by atoms with Crippen LogP contribution in [0.25, 0.3) is 0 Å². The maximum atomic E-state index is 12.4. The summed E-state index contributed by atoms with van der Waals surface area (Å²) in [5.74, 6) is 1.52. The fourth-order valence-electron chi connectivity index (χ4n) is 3.96. The molecule has 2 rings (SSSR count). The molecule has 0 bridgehead atoms. The Labute approximate surface area is 130 Å². The average Bonchev–Trinajstić information content (AvgIpc) is 2.47. The maximum Gasteiger partial charge on any atom is 0.279 e. The number of hydrogen-bond acceptors (Lipinski definition) is 2. The van der Waals surface area contributed by atoms with Gasteiger partial charge in [-0.25, -0.2) is 4.72 Å². The quantitative estimate of drug-likeness (QED) is 0.817. The topological polar surface area (TPSA) is 49.4 Å². The molecule has 2 atom stereocenters. The van der Waals surface area contributed by atoms with Crippen molar-refractivity contribution in [2.45, 2.75) is 77.2 Å². The summed E-state index contributed by atoms with van der Waals surface area (Å²) < 4.78 is 29.1. The van der Waals surface area contributed by atoms with E-state index in [1.807, 2.05) is 0 Å². The van der Waals surface area contributed by atoms with Crippen molar-refractivity contribution in [2.75, 3.05) is 13.6 Å². The standard InChI is InChI=1S/C16H32N2O2S/c1-14-7-6-8-15(13-14)11-12-17-21(19,20)18(2)16-9-4-3-5-10-16/h14-17H,3-13H2,1-2H3. The molecule has 5 heteroatoms. The molecule has 0 aromatic carbocycles. The van der Waals surface area contributed by atoms with Gasteiger partial charge in [-0.05, 0) is 37.5 Å². The number of rotatable bonds is 6.